The third-order valence-electron chi connectivity index (χ3n) is 4.72. The lowest BCUT2D eigenvalue weighted by Gasteiger charge is -2.08. The van der Waals surface area contributed by atoms with Crippen molar-refractivity contribution in [2.45, 2.75) is 13.0 Å². The van der Waals surface area contributed by atoms with E-state index >= 15 is 0 Å². The lowest BCUT2D eigenvalue weighted by Crippen LogP contribution is -2.25. The van der Waals surface area contributed by atoms with Crippen LogP contribution in [-0.4, -0.2) is 40.7 Å². The molecule has 0 radical (unpaired) electrons. The largest absolute Gasteiger partial charge is 0.377 e. The molecule has 0 fully saturated rings. The first-order chi connectivity index (χ1) is 15.5. The lowest BCUT2D eigenvalue weighted by atomic mass is 10.1. The Labute approximate surface area is 193 Å². The molecule has 2 heterocycles. The number of nitrogens with zero attached hydrogens (tertiary/aromatic N) is 2. The van der Waals surface area contributed by atoms with Crippen molar-refractivity contribution in [1.29, 1.82) is 0 Å². The second kappa shape index (κ2) is 9.90. The van der Waals surface area contributed by atoms with Crippen molar-refractivity contribution in [2.24, 2.45) is 0 Å². The van der Waals surface area contributed by atoms with Gasteiger partial charge in [-0.25, -0.2) is 0 Å². The summed E-state index contributed by atoms with van der Waals surface area (Å²) in [6.45, 7) is 0.758. The quantitative estimate of drug-likeness (QED) is 0.361. The number of anilines is 1. The number of amides is 2. The Bertz CT molecular complexity index is 1270. The summed E-state index contributed by atoms with van der Waals surface area (Å²) < 4.78 is 4.99. The molecule has 0 bridgehead atoms. The van der Waals surface area contributed by atoms with Crippen LogP contribution in [-0.2, 0) is 17.8 Å². The van der Waals surface area contributed by atoms with E-state index < -0.39 is 0 Å². The van der Waals surface area contributed by atoms with Gasteiger partial charge in [0.25, 0.3) is 11.8 Å². The monoisotopic (exact) mass is 469 g/mol. The molecule has 32 heavy (non-hydrogen) atoms. The van der Waals surface area contributed by atoms with Crippen molar-refractivity contribution in [3.63, 3.8) is 0 Å². The Kier molecular flexibility index (Phi) is 6.79. The minimum absolute atomic E-state index is 0.225. The molecule has 4 rings (SSSR count). The first kappa shape index (κ1) is 21.9. The summed E-state index contributed by atoms with van der Waals surface area (Å²) in [5.74, 6) is -0.613. The Morgan fingerprint density at radius 1 is 1.16 bits per heavy atom. The highest BCUT2D eigenvalue weighted by atomic mass is 35.5. The van der Waals surface area contributed by atoms with Gasteiger partial charge in [-0.3, -0.25) is 9.59 Å². The summed E-state index contributed by atoms with van der Waals surface area (Å²) in [6.07, 6.45) is 2.58. The first-order valence-electron chi connectivity index (χ1n) is 9.80. The van der Waals surface area contributed by atoms with E-state index in [1.807, 2.05) is 24.4 Å². The molecule has 0 saturated carbocycles. The molecule has 2 amide bonds. The number of aromatic nitrogens is 3. The number of aromatic amines is 1. The highest BCUT2D eigenvalue weighted by Gasteiger charge is 2.14. The van der Waals surface area contributed by atoms with Gasteiger partial charge in [0.15, 0.2) is 0 Å². The van der Waals surface area contributed by atoms with Gasteiger partial charge in [0, 0.05) is 47.0 Å². The van der Waals surface area contributed by atoms with E-state index in [0.717, 1.165) is 27.8 Å². The average Bonchev–Trinajstić information content (AvgIpc) is 3.41. The van der Waals surface area contributed by atoms with Crippen LogP contribution < -0.4 is 10.6 Å². The predicted molar refractivity (Wildman–Crippen MR) is 124 cm³/mol. The molecule has 0 saturated heterocycles. The molecule has 0 unspecified atom stereocenters. The molecular weight excluding hydrogens is 450 g/mol. The van der Waals surface area contributed by atoms with E-state index in [0.29, 0.717) is 40.9 Å². The third-order valence-corrected chi connectivity index (χ3v) is 5.85. The van der Waals surface area contributed by atoms with Gasteiger partial charge in [0.2, 0.25) is 5.01 Å². The maximum absolute atomic E-state index is 12.6. The van der Waals surface area contributed by atoms with Crippen molar-refractivity contribution in [3.8, 4) is 0 Å². The molecule has 3 N–H and O–H groups in total. The Hall–Kier alpha value is -3.27. The molecule has 10 heteroatoms. The fourth-order valence-electron chi connectivity index (χ4n) is 3.22. The summed E-state index contributed by atoms with van der Waals surface area (Å²) in [5.41, 5.74) is 3.03. The van der Waals surface area contributed by atoms with Gasteiger partial charge in [-0.05, 0) is 48.4 Å². The highest BCUT2D eigenvalue weighted by molar-refractivity contribution is 7.13. The van der Waals surface area contributed by atoms with Crippen LogP contribution in [0.25, 0.3) is 10.9 Å². The number of ether oxygens (including phenoxy) is 1. The van der Waals surface area contributed by atoms with Gasteiger partial charge < -0.3 is 20.4 Å². The zero-order chi connectivity index (χ0) is 22.5. The molecule has 164 valence electrons. The van der Waals surface area contributed by atoms with Crippen LogP contribution in [0.3, 0.4) is 0 Å². The van der Waals surface area contributed by atoms with Gasteiger partial charge in [-0.15, -0.1) is 10.2 Å². The van der Waals surface area contributed by atoms with Crippen molar-refractivity contribution < 1.29 is 14.3 Å². The number of benzene rings is 2. The number of halogens is 1. The van der Waals surface area contributed by atoms with Crippen molar-refractivity contribution in [1.82, 2.24) is 20.5 Å². The summed E-state index contributed by atoms with van der Waals surface area (Å²) in [7, 11) is 1.55. The number of fused-ring (bicyclic) bond motifs is 1. The SMILES string of the molecule is COCc1nnc(C(=O)Nc2cccc(C(=O)NCCc3c[nH]c4ccc(Cl)cc34)c2)s1. The van der Waals surface area contributed by atoms with Crippen molar-refractivity contribution in [3.05, 3.63) is 74.8 Å². The Morgan fingerprint density at radius 3 is 2.88 bits per heavy atom. The lowest BCUT2D eigenvalue weighted by molar-refractivity contribution is 0.0952. The molecule has 2 aromatic carbocycles. The second-order valence-corrected chi connectivity index (χ2v) is 8.48. The van der Waals surface area contributed by atoms with Gasteiger partial charge >= 0.3 is 0 Å². The van der Waals surface area contributed by atoms with Gasteiger partial charge in [-0.2, -0.15) is 0 Å². The molecule has 2 aromatic heterocycles. The number of carbonyl (C=O) groups is 2. The first-order valence-corrected chi connectivity index (χ1v) is 11.0. The van der Waals surface area contributed by atoms with Crippen LogP contribution in [0.2, 0.25) is 5.02 Å². The third kappa shape index (κ3) is 5.13. The number of hydrogen-bond acceptors (Lipinski definition) is 6. The number of methoxy groups -OCH3 is 1. The van der Waals surface area contributed by atoms with E-state index in [9.17, 15) is 9.59 Å². The van der Waals surface area contributed by atoms with Crippen molar-refractivity contribution in [2.75, 3.05) is 19.0 Å². The second-order valence-electron chi connectivity index (χ2n) is 6.98. The number of carbonyl (C=O) groups excluding carboxylic acids is 2. The van der Waals surface area contributed by atoms with Crippen LogP contribution >= 0.6 is 22.9 Å². The molecule has 4 aromatic rings. The zero-order valence-electron chi connectivity index (χ0n) is 17.1. The minimum Gasteiger partial charge on any atom is -0.377 e. The molecular formula is C22H20ClN5O3S. The molecule has 0 atom stereocenters. The predicted octanol–water partition coefficient (Wildman–Crippen LogP) is 4.04. The zero-order valence-corrected chi connectivity index (χ0v) is 18.7. The number of hydrogen-bond donors (Lipinski definition) is 3. The topological polar surface area (TPSA) is 109 Å². The smallest absolute Gasteiger partial charge is 0.286 e. The number of H-pyrrole nitrogens is 1. The molecule has 8 nitrogen and oxygen atoms in total. The van der Waals surface area contributed by atoms with E-state index in [4.69, 9.17) is 16.3 Å². The van der Waals surface area contributed by atoms with Crippen LogP contribution in [0.5, 0.6) is 0 Å². The number of rotatable bonds is 8. The van der Waals surface area contributed by atoms with Crippen LogP contribution in [0, 0.1) is 0 Å². The van der Waals surface area contributed by atoms with E-state index in [-0.39, 0.29) is 16.8 Å². The Morgan fingerprint density at radius 2 is 2.03 bits per heavy atom. The Balaban J connectivity index is 1.35. The summed E-state index contributed by atoms with van der Waals surface area (Å²) in [6, 6.07) is 12.4. The molecule has 0 aliphatic heterocycles. The molecule has 0 aliphatic rings. The minimum atomic E-state index is -0.389. The van der Waals surface area contributed by atoms with Gasteiger partial charge in [0.05, 0.1) is 6.61 Å². The molecule has 0 aliphatic carbocycles. The van der Waals surface area contributed by atoms with Gasteiger partial charge in [0.1, 0.15) is 5.01 Å². The maximum Gasteiger partial charge on any atom is 0.286 e. The normalized spacial score (nSPS) is 10.9. The fourth-order valence-corrected chi connectivity index (χ4v) is 4.10. The van der Waals surface area contributed by atoms with E-state index in [1.165, 1.54) is 0 Å². The van der Waals surface area contributed by atoms with Crippen LogP contribution in [0.15, 0.2) is 48.7 Å². The fraction of sp³-hybridized carbons (Fsp3) is 0.182. The van der Waals surface area contributed by atoms with Crippen LogP contribution in [0.4, 0.5) is 5.69 Å². The average molecular weight is 470 g/mol. The highest BCUT2D eigenvalue weighted by Crippen LogP contribution is 2.22. The summed E-state index contributed by atoms with van der Waals surface area (Å²) in [4.78, 5) is 28.2. The van der Waals surface area contributed by atoms with E-state index in [2.05, 4.69) is 25.8 Å². The van der Waals surface area contributed by atoms with Crippen LogP contribution in [0.1, 0.15) is 30.7 Å². The summed E-state index contributed by atoms with van der Waals surface area (Å²) in [5, 5.41) is 16.0. The van der Waals surface area contributed by atoms with Crippen molar-refractivity contribution >= 4 is 51.3 Å². The van der Waals surface area contributed by atoms with Gasteiger partial charge in [-0.1, -0.05) is 29.0 Å². The number of nitrogens with one attached hydrogen (secondary N) is 3. The van der Waals surface area contributed by atoms with E-state index in [1.54, 1.807) is 31.4 Å². The standard InChI is InChI=1S/C22H20ClN5O3S/c1-31-12-19-27-28-22(32-19)21(30)26-16-4-2-3-13(9-16)20(29)24-8-7-14-11-25-18-6-5-15(23)10-17(14)18/h2-6,9-11,25H,7-8,12H2,1H3,(H,24,29)(H,26,30). The summed E-state index contributed by atoms with van der Waals surface area (Å²) >= 11 is 7.25. The maximum atomic E-state index is 12.6. The molecule has 0 spiro atoms.